The molecule has 5 nitrogen and oxygen atoms in total. The summed E-state index contributed by atoms with van der Waals surface area (Å²) in [5, 5.41) is 7.14. The van der Waals surface area contributed by atoms with Crippen LogP contribution in [0.3, 0.4) is 0 Å². The molecule has 1 aromatic heterocycles. The topological polar surface area (TPSA) is 58.4 Å². The van der Waals surface area contributed by atoms with Crippen molar-refractivity contribution in [2.75, 3.05) is 19.6 Å². The maximum Gasteiger partial charge on any atom is 0.276 e. The van der Waals surface area contributed by atoms with E-state index in [9.17, 15) is 4.79 Å². The van der Waals surface area contributed by atoms with Gasteiger partial charge in [-0.1, -0.05) is 5.16 Å². The van der Waals surface area contributed by atoms with E-state index in [4.69, 9.17) is 4.52 Å². The molecule has 2 atom stereocenters. The number of nitrogens with zero attached hydrogens (tertiary/aromatic N) is 2. The number of nitrogens with one attached hydrogen (secondary N) is 1. The molecule has 1 amide bonds. The van der Waals surface area contributed by atoms with Crippen LogP contribution >= 0.6 is 0 Å². The van der Waals surface area contributed by atoms with Crippen molar-refractivity contribution in [2.45, 2.75) is 18.9 Å². The van der Waals surface area contributed by atoms with Gasteiger partial charge in [0.1, 0.15) is 6.26 Å². The molecule has 2 unspecified atom stereocenters. The van der Waals surface area contributed by atoms with Gasteiger partial charge in [0.25, 0.3) is 5.91 Å². The zero-order chi connectivity index (χ0) is 11.0. The molecule has 1 aromatic rings. The third-order valence-electron chi connectivity index (χ3n) is 3.62. The smallest absolute Gasteiger partial charge is 0.276 e. The van der Waals surface area contributed by atoms with Crippen LogP contribution in [0.5, 0.6) is 0 Å². The molecule has 0 saturated carbocycles. The van der Waals surface area contributed by atoms with Gasteiger partial charge in [0.2, 0.25) is 0 Å². The largest absolute Gasteiger partial charge is 0.364 e. The van der Waals surface area contributed by atoms with E-state index < -0.39 is 0 Å². The highest BCUT2D eigenvalue weighted by molar-refractivity contribution is 5.92. The molecule has 3 rings (SSSR count). The number of carbonyl (C=O) groups is 1. The number of carbonyl (C=O) groups excluding carboxylic acids is 1. The molecule has 0 bridgehead atoms. The average Bonchev–Trinajstić information content (AvgIpc) is 2.98. The minimum Gasteiger partial charge on any atom is -0.364 e. The molecule has 0 aliphatic carbocycles. The number of piperidine rings is 1. The highest BCUT2D eigenvalue weighted by Crippen LogP contribution is 2.25. The van der Waals surface area contributed by atoms with E-state index in [0.29, 0.717) is 11.7 Å². The van der Waals surface area contributed by atoms with E-state index in [-0.39, 0.29) is 5.91 Å². The second-order valence-corrected chi connectivity index (χ2v) is 4.53. The summed E-state index contributed by atoms with van der Waals surface area (Å²) in [5.41, 5.74) is 0.413. The summed E-state index contributed by atoms with van der Waals surface area (Å²) < 4.78 is 4.70. The van der Waals surface area contributed by atoms with Crippen molar-refractivity contribution in [3.05, 3.63) is 18.0 Å². The molecule has 2 aliphatic rings. The van der Waals surface area contributed by atoms with Crippen LogP contribution < -0.4 is 5.32 Å². The molecule has 0 aromatic carbocycles. The number of amides is 1. The summed E-state index contributed by atoms with van der Waals surface area (Å²) in [7, 11) is 0. The average molecular weight is 221 g/mol. The Morgan fingerprint density at radius 2 is 2.50 bits per heavy atom. The monoisotopic (exact) mass is 221 g/mol. The van der Waals surface area contributed by atoms with Crippen LogP contribution in [0.2, 0.25) is 0 Å². The molecule has 86 valence electrons. The Hall–Kier alpha value is -1.36. The number of likely N-dealkylation sites (tertiary alicyclic amines) is 1. The zero-order valence-corrected chi connectivity index (χ0v) is 9.06. The van der Waals surface area contributed by atoms with E-state index >= 15 is 0 Å². The van der Waals surface area contributed by atoms with Gasteiger partial charge >= 0.3 is 0 Å². The molecule has 0 radical (unpaired) electrons. The van der Waals surface area contributed by atoms with Crippen LogP contribution in [0, 0.1) is 5.92 Å². The predicted molar refractivity (Wildman–Crippen MR) is 56.9 cm³/mol. The van der Waals surface area contributed by atoms with Crippen molar-refractivity contribution in [1.29, 1.82) is 0 Å². The van der Waals surface area contributed by atoms with Gasteiger partial charge in [-0.05, 0) is 25.3 Å². The summed E-state index contributed by atoms with van der Waals surface area (Å²) in [6, 6.07) is 2.10. The van der Waals surface area contributed by atoms with Crippen LogP contribution in [0.25, 0.3) is 0 Å². The summed E-state index contributed by atoms with van der Waals surface area (Å²) in [6.07, 6.45) is 3.78. The lowest BCUT2D eigenvalue weighted by atomic mass is 9.92. The van der Waals surface area contributed by atoms with Gasteiger partial charge in [-0.15, -0.1) is 0 Å². The number of fused-ring (bicyclic) bond motifs is 1. The highest BCUT2D eigenvalue weighted by atomic mass is 16.5. The van der Waals surface area contributed by atoms with Gasteiger partial charge in [0.15, 0.2) is 5.69 Å². The van der Waals surface area contributed by atoms with Crippen LogP contribution in [0.1, 0.15) is 23.3 Å². The van der Waals surface area contributed by atoms with Gasteiger partial charge in [0, 0.05) is 25.2 Å². The fourth-order valence-electron chi connectivity index (χ4n) is 2.70. The summed E-state index contributed by atoms with van der Waals surface area (Å²) in [4.78, 5) is 13.9. The number of aromatic nitrogens is 1. The first-order valence-corrected chi connectivity index (χ1v) is 5.77. The van der Waals surface area contributed by atoms with E-state index in [0.717, 1.165) is 32.0 Å². The van der Waals surface area contributed by atoms with Crippen molar-refractivity contribution < 1.29 is 9.32 Å². The van der Waals surface area contributed by atoms with E-state index in [2.05, 4.69) is 10.5 Å². The molecule has 16 heavy (non-hydrogen) atoms. The maximum absolute atomic E-state index is 12.0. The van der Waals surface area contributed by atoms with Gasteiger partial charge in [0.05, 0.1) is 0 Å². The third kappa shape index (κ3) is 1.61. The lowest BCUT2D eigenvalue weighted by Gasteiger charge is -2.34. The Bertz CT molecular complexity index is 377. The highest BCUT2D eigenvalue weighted by Gasteiger charge is 2.34. The first-order valence-electron chi connectivity index (χ1n) is 5.77. The van der Waals surface area contributed by atoms with Crippen LogP contribution in [-0.2, 0) is 0 Å². The Morgan fingerprint density at radius 1 is 1.56 bits per heavy atom. The molecule has 5 heteroatoms. The van der Waals surface area contributed by atoms with Crippen molar-refractivity contribution >= 4 is 5.91 Å². The van der Waals surface area contributed by atoms with Crippen molar-refractivity contribution in [1.82, 2.24) is 15.4 Å². The van der Waals surface area contributed by atoms with Gasteiger partial charge in [-0.2, -0.15) is 0 Å². The number of rotatable bonds is 1. The van der Waals surface area contributed by atoms with E-state index in [1.54, 1.807) is 6.07 Å². The first-order chi connectivity index (χ1) is 7.84. The Kier molecular flexibility index (Phi) is 2.40. The molecule has 3 heterocycles. The summed E-state index contributed by atoms with van der Waals surface area (Å²) in [5.74, 6) is 0.738. The van der Waals surface area contributed by atoms with Crippen molar-refractivity contribution in [2.24, 2.45) is 5.92 Å². The van der Waals surface area contributed by atoms with Gasteiger partial charge in [-0.3, -0.25) is 4.79 Å². The molecular formula is C11H15N3O2. The summed E-state index contributed by atoms with van der Waals surface area (Å²) >= 11 is 0. The SMILES string of the molecule is O=C(c1ccon1)N1CCC2CCNC2C1. The standard InChI is InChI=1S/C11H15N3O2/c15-11(9-3-6-16-13-9)14-5-2-8-1-4-12-10(8)7-14/h3,6,8,10,12H,1-2,4-5,7H2. The fraction of sp³-hybridized carbons (Fsp3) is 0.636. The predicted octanol–water partition coefficient (Wildman–Crippen LogP) is 0.499. The molecule has 0 spiro atoms. The minimum atomic E-state index is -0.0131. The van der Waals surface area contributed by atoms with E-state index in [1.807, 2.05) is 4.90 Å². The summed E-state index contributed by atoms with van der Waals surface area (Å²) in [6.45, 7) is 2.73. The van der Waals surface area contributed by atoms with Crippen molar-refractivity contribution in [3.8, 4) is 0 Å². The number of hydrogen-bond donors (Lipinski definition) is 1. The van der Waals surface area contributed by atoms with Gasteiger partial charge in [-0.25, -0.2) is 0 Å². The Labute approximate surface area is 93.8 Å². The zero-order valence-electron chi connectivity index (χ0n) is 9.06. The fourth-order valence-corrected chi connectivity index (χ4v) is 2.70. The van der Waals surface area contributed by atoms with Crippen LogP contribution in [0.4, 0.5) is 0 Å². The lowest BCUT2D eigenvalue weighted by molar-refractivity contribution is 0.0659. The lowest BCUT2D eigenvalue weighted by Crippen LogP contribution is -2.48. The second kappa shape index (κ2) is 3.90. The minimum absolute atomic E-state index is 0.0131. The molecule has 2 aliphatic heterocycles. The van der Waals surface area contributed by atoms with Crippen LogP contribution in [0.15, 0.2) is 16.9 Å². The van der Waals surface area contributed by atoms with Crippen molar-refractivity contribution in [3.63, 3.8) is 0 Å². The molecular weight excluding hydrogens is 206 g/mol. The van der Waals surface area contributed by atoms with Crippen LogP contribution in [-0.4, -0.2) is 41.6 Å². The second-order valence-electron chi connectivity index (χ2n) is 4.53. The Morgan fingerprint density at radius 3 is 3.31 bits per heavy atom. The molecule has 1 N–H and O–H groups in total. The third-order valence-corrected chi connectivity index (χ3v) is 3.62. The quantitative estimate of drug-likeness (QED) is 0.750. The Balaban J connectivity index is 1.70. The van der Waals surface area contributed by atoms with Gasteiger partial charge < -0.3 is 14.7 Å². The normalized spacial score (nSPS) is 29.1. The maximum atomic E-state index is 12.0. The number of hydrogen-bond acceptors (Lipinski definition) is 4. The molecule has 2 fully saturated rings. The molecule has 2 saturated heterocycles. The van der Waals surface area contributed by atoms with E-state index in [1.165, 1.54) is 12.7 Å². The first kappa shape index (κ1) is 9.84.